The molecule has 164 valence electrons. The molecule has 32 heavy (non-hydrogen) atoms. The fraction of sp³-hybridized carbons (Fsp3) is 0.200. The average Bonchev–Trinajstić information content (AvgIpc) is 2.81. The van der Waals surface area contributed by atoms with E-state index in [0.29, 0.717) is 41.8 Å². The van der Waals surface area contributed by atoms with Gasteiger partial charge in [0, 0.05) is 47.5 Å². The summed E-state index contributed by atoms with van der Waals surface area (Å²) in [7, 11) is 0. The standard InChI is InChI=1S/C25H23Cl2N3O2/c26-21-8-2-18(3-9-21)16-28-24(31)20-6-12-23(13-7-20)30-15-1-14-29(25(30)32)17-19-4-10-22(27)11-5-19/h2-13H,1,14-17H2,(H,28,31). The molecular weight excluding hydrogens is 445 g/mol. The predicted molar refractivity (Wildman–Crippen MR) is 128 cm³/mol. The summed E-state index contributed by atoms with van der Waals surface area (Å²) in [6.45, 7) is 2.32. The van der Waals surface area contributed by atoms with Crippen molar-refractivity contribution in [3.8, 4) is 0 Å². The molecule has 7 heteroatoms. The van der Waals surface area contributed by atoms with Gasteiger partial charge in [-0.1, -0.05) is 47.5 Å². The summed E-state index contributed by atoms with van der Waals surface area (Å²) >= 11 is 11.8. The largest absolute Gasteiger partial charge is 0.348 e. The van der Waals surface area contributed by atoms with Gasteiger partial charge in [0.15, 0.2) is 0 Å². The van der Waals surface area contributed by atoms with E-state index < -0.39 is 0 Å². The van der Waals surface area contributed by atoms with Crippen molar-refractivity contribution in [2.24, 2.45) is 0 Å². The Kier molecular flexibility index (Phi) is 6.98. The molecule has 0 unspecified atom stereocenters. The van der Waals surface area contributed by atoms with Crippen molar-refractivity contribution >= 4 is 40.8 Å². The van der Waals surface area contributed by atoms with E-state index in [1.54, 1.807) is 29.2 Å². The zero-order valence-electron chi connectivity index (χ0n) is 17.4. The summed E-state index contributed by atoms with van der Waals surface area (Å²) in [6, 6.07) is 22.0. The van der Waals surface area contributed by atoms with E-state index in [-0.39, 0.29) is 11.9 Å². The molecule has 0 aliphatic carbocycles. The molecule has 1 fully saturated rings. The molecule has 0 radical (unpaired) electrons. The van der Waals surface area contributed by atoms with Crippen molar-refractivity contribution in [1.29, 1.82) is 0 Å². The molecule has 0 aromatic heterocycles. The summed E-state index contributed by atoms with van der Waals surface area (Å²) in [6.07, 6.45) is 0.878. The van der Waals surface area contributed by atoms with Crippen molar-refractivity contribution < 1.29 is 9.59 Å². The van der Waals surface area contributed by atoms with Crippen LogP contribution in [0.3, 0.4) is 0 Å². The summed E-state index contributed by atoms with van der Waals surface area (Å²) in [4.78, 5) is 29.1. The van der Waals surface area contributed by atoms with Gasteiger partial charge in [-0.3, -0.25) is 9.69 Å². The van der Waals surface area contributed by atoms with Crippen LogP contribution in [0.15, 0.2) is 72.8 Å². The number of halogens is 2. The minimum atomic E-state index is -0.166. The number of hydrogen-bond acceptors (Lipinski definition) is 2. The zero-order chi connectivity index (χ0) is 22.5. The number of amides is 3. The number of benzene rings is 3. The van der Waals surface area contributed by atoms with Crippen molar-refractivity contribution in [1.82, 2.24) is 10.2 Å². The SMILES string of the molecule is O=C(NCc1ccc(Cl)cc1)c1ccc(N2CCCN(Cc3ccc(Cl)cc3)C2=O)cc1. The van der Waals surface area contributed by atoms with Gasteiger partial charge in [0.05, 0.1) is 0 Å². The maximum Gasteiger partial charge on any atom is 0.324 e. The van der Waals surface area contributed by atoms with Crippen LogP contribution in [0, 0.1) is 0 Å². The van der Waals surface area contributed by atoms with E-state index in [1.807, 2.05) is 53.4 Å². The third kappa shape index (κ3) is 5.42. The number of nitrogens with zero attached hydrogens (tertiary/aromatic N) is 2. The first kappa shape index (κ1) is 22.2. The van der Waals surface area contributed by atoms with Crippen molar-refractivity contribution in [2.45, 2.75) is 19.5 Å². The van der Waals surface area contributed by atoms with Crippen LogP contribution < -0.4 is 10.2 Å². The molecule has 1 saturated heterocycles. The Morgan fingerprint density at radius 3 is 2.03 bits per heavy atom. The number of nitrogens with one attached hydrogen (secondary N) is 1. The van der Waals surface area contributed by atoms with Crippen LogP contribution in [0.1, 0.15) is 27.9 Å². The lowest BCUT2D eigenvalue weighted by molar-refractivity contribution is 0.0951. The number of carbonyl (C=O) groups excluding carboxylic acids is 2. The molecule has 3 aromatic carbocycles. The van der Waals surface area contributed by atoms with Gasteiger partial charge in [-0.2, -0.15) is 0 Å². The highest BCUT2D eigenvalue weighted by Crippen LogP contribution is 2.22. The monoisotopic (exact) mass is 467 g/mol. The predicted octanol–water partition coefficient (Wildman–Crippen LogP) is 5.76. The Labute approximate surface area is 197 Å². The Balaban J connectivity index is 1.37. The van der Waals surface area contributed by atoms with Gasteiger partial charge in [-0.05, 0) is 66.1 Å². The summed E-state index contributed by atoms with van der Waals surface area (Å²) < 4.78 is 0. The molecular formula is C25H23Cl2N3O2. The minimum absolute atomic E-state index is 0.0360. The third-order valence-corrected chi connectivity index (χ3v) is 5.91. The van der Waals surface area contributed by atoms with Crippen LogP contribution in [0.4, 0.5) is 10.5 Å². The van der Waals surface area contributed by atoms with E-state index in [1.165, 1.54) is 0 Å². The van der Waals surface area contributed by atoms with Gasteiger partial charge < -0.3 is 10.2 Å². The fourth-order valence-electron chi connectivity index (χ4n) is 3.66. The Bertz CT molecular complexity index is 1080. The Morgan fingerprint density at radius 1 is 0.812 bits per heavy atom. The molecule has 0 saturated carbocycles. The summed E-state index contributed by atoms with van der Waals surface area (Å²) in [5.74, 6) is -0.166. The summed E-state index contributed by atoms with van der Waals surface area (Å²) in [5.41, 5.74) is 3.34. The second kappa shape index (κ2) is 10.1. The third-order valence-electron chi connectivity index (χ3n) is 5.41. The fourth-order valence-corrected chi connectivity index (χ4v) is 3.91. The van der Waals surface area contributed by atoms with E-state index in [0.717, 1.165) is 23.2 Å². The van der Waals surface area contributed by atoms with Gasteiger partial charge >= 0.3 is 6.03 Å². The smallest absolute Gasteiger partial charge is 0.324 e. The quantitative estimate of drug-likeness (QED) is 0.501. The van der Waals surface area contributed by atoms with E-state index in [4.69, 9.17) is 23.2 Å². The molecule has 1 heterocycles. The Morgan fingerprint density at radius 2 is 1.41 bits per heavy atom. The van der Waals surface area contributed by atoms with Gasteiger partial charge in [0.25, 0.3) is 5.91 Å². The molecule has 3 aromatic rings. The molecule has 4 rings (SSSR count). The number of hydrogen-bond donors (Lipinski definition) is 1. The van der Waals surface area contributed by atoms with E-state index >= 15 is 0 Å². The maximum absolute atomic E-state index is 13.0. The molecule has 0 bridgehead atoms. The van der Waals surface area contributed by atoms with Gasteiger partial charge in [-0.15, -0.1) is 0 Å². The molecule has 0 atom stereocenters. The lowest BCUT2D eigenvalue weighted by Gasteiger charge is -2.35. The summed E-state index contributed by atoms with van der Waals surface area (Å²) in [5, 5.41) is 4.24. The van der Waals surface area contributed by atoms with Gasteiger partial charge in [0.1, 0.15) is 0 Å². The first-order chi connectivity index (χ1) is 15.5. The second-order valence-corrected chi connectivity index (χ2v) is 8.56. The molecule has 5 nitrogen and oxygen atoms in total. The van der Waals surface area contributed by atoms with Gasteiger partial charge in [0.2, 0.25) is 0 Å². The highest BCUT2D eigenvalue weighted by molar-refractivity contribution is 6.30. The van der Waals surface area contributed by atoms with E-state index in [9.17, 15) is 9.59 Å². The number of rotatable bonds is 6. The van der Waals surface area contributed by atoms with Crippen LogP contribution in [-0.4, -0.2) is 29.9 Å². The normalized spacial score (nSPS) is 13.9. The molecule has 1 aliphatic heterocycles. The average molecular weight is 468 g/mol. The van der Waals surface area contributed by atoms with Crippen LogP contribution in [0.25, 0.3) is 0 Å². The number of carbonyl (C=O) groups is 2. The Hall–Kier alpha value is -3.02. The highest BCUT2D eigenvalue weighted by atomic mass is 35.5. The first-order valence-corrected chi connectivity index (χ1v) is 11.2. The first-order valence-electron chi connectivity index (χ1n) is 10.4. The molecule has 3 amide bonds. The van der Waals surface area contributed by atoms with Crippen LogP contribution in [-0.2, 0) is 13.1 Å². The maximum atomic E-state index is 13.0. The van der Waals surface area contributed by atoms with E-state index in [2.05, 4.69) is 5.32 Å². The van der Waals surface area contributed by atoms with Gasteiger partial charge in [-0.25, -0.2) is 4.79 Å². The van der Waals surface area contributed by atoms with Crippen LogP contribution >= 0.6 is 23.2 Å². The topological polar surface area (TPSA) is 52.7 Å². The van der Waals surface area contributed by atoms with Crippen LogP contribution in [0.5, 0.6) is 0 Å². The lowest BCUT2D eigenvalue weighted by Crippen LogP contribution is -2.49. The molecule has 0 spiro atoms. The molecule has 1 aliphatic rings. The minimum Gasteiger partial charge on any atom is -0.348 e. The van der Waals surface area contributed by atoms with Crippen molar-refractivity contribution in [2.75, 3.05) is 18.0 Å². The number of anilines is 1. The number of urea groups is 1. The van der Waals surface area contributed by atoms with Crippen LogP contribution in [0.2, 0.25) is 10.0 Å². The molecule has 1 N–H and O–H groups in total. The lowest BCUT2D eigenvalue weighted by atomic mass is 10.1. The van der Waals surface area contributed by atoms with Crippen molar-refractivity contribution in [3.05, 3.63) is 99.5 Å². The second-order valence-electron chi connectivity index (χ2n) is 7.69. The zero-order valence-corrected chi connectivity index (χ0v) is 18.9. The highest BCUT2D eigenvalue weighted by Gasteiger charge is 2.26. The van der Waals surface area contributed by atoms with Crippen molar-refractivity contribution in [3.63, 3.8) is 0 Å².